The van der Waals surface area contributed by atoms with Crippen molar-refractivity contribution in [1.29, 1.82) is 0 Å². The van der Waals surface area contributed by atoms with E-state index in [2.05, 4.69) is 4.98 Å². The Kier molecular flexibility index (Phi) is 4.60. The van der Waals surface area contributed by atoms with Crippen molar-refractivity contribution < 1.29 is 19.8 Å². The number of hydrogen-bond acceptors (Lipinski definition) is 5. The van der Waals surface area contributed by atoms with Crippen LogP contribution in [-0.4, -0.2) is 31.7 Å². The Morgan fingerprint density at radius 1 is 1.23 bits per heavy atom. The third-order valence-electron chi connectivity index (χ3n) is 4.21. The molecule has 0 saturated carbocycles. The maximum atomic E-state index is 13.2. The van der Waals surface area contributed by atoms with E-state index in [0.29, 0.717) is 16.0 Å². The van der Waals surface area contributed by atoms with E-state index in [9.17, 15) is 24.6 Å². The molecule has 134 valence electrons. The molecule has 0 saturated heterocycles. The zero-order valence-electron chi connectivity index (χ0n) is 14.1. The lowest BCUT2D eigenvalue weighted by Crippen LogP contribution is -2.31. The van der Waals surface area contributed by atoms with Gasteiger partial charge in [-0.25, -0.2) is 14.6 Å². The molecule has 2 aromatic heterocycles. The second kappa shape index (κ2) is 6.72. The number of hydrogen-bond donors (Lipinski definition) is 2. The van der Waals surface area contributed by atoms with Crippen LogP contribution in [0, 0.1) is 6.92 Å². The van der Waals surface area contributed by atoms with Gasteiger partial charge in [0.05, 0.1) is 5.39 Å². The Morgan fingerprint density at radius 2 is 1.88 bits per heavy atom. The van der Waals surface area contributed by atoms with Crippen LogP contribution >= 0.6 is 11.3 Å². The Morgan fingerprint density at radius 3 is 2.42 bits per heavy atom. The number of carbonyl (C=O) groups is 2. The molecule has 3 aromatic rings. The van der Waals surface area contributed by atoms with Crippen LogP contribution in [0.4, 0.5) is 0 Å². The van der Waals surface area contributed by atoms with E-state index >= 15 is 0 Å². The van der Waals surface area contributed by atoms with Crippen LogP contribution in [0.2, 0.25) is 0 Å². The Hall–Kier alpha value is -3.00. The fourth-order valence-electron chi connectivity index (χ4n) is 2.95. The highest BCUT2D eigenvalue weighted by atomic mass is 32.1. The normalized spacial score (nSPS) is 12.2. The van der Waals surface area contributed by atoms with Crippen molar-refractivity contribution >= 4 is 33.5 Å². The molecule has 0 spiro atoms. The number of aryl methyl sites for hydroxylation is 1. The van der Waals surface area contributed by atoms with Crippen LogP contribution in [0.15, 0.2) is 35.1 Å². The Balaban J connectivity index is 2.46. The van der Waals surface area contributed by atoms with E-state index in [1.165, 1.54) is 0 Å². The van der Waals surface area contributed by atoms with Gasteiger partial charge >= 0.3 is 11.9 Å². The monoisotopic (exact) mass is 372 g/mol. The molecule has 1 unspecified atom stereocenters. The van der Waals surface area contributed by atoms with E-state index in [0.717, 1.165) is 15.9 Å². The predicted molar refractivity (Wildman–Crippen MR) is 98.0 cm³/mol. The minimum Gasteiger partial charge on any atom is -0.480 e. The molecule has 7 nitrogen and oxygen atoms in total. The second-order valence-electron chi connectivity index (χ2n) is 5.78. The SMILES string of the molecule is CCC(C(=O)O)n1c(-c2ccccc2)nc2sc(C(=O)O)c(C)c2c1=O. The van der Waals surface area contributed by atoms with Gasteiger partial charge in [0.2, 0.25) is 0 Å². The highest BCUT2D eigenvalue weighted by Crippen LogP contribution is 2.31. The summed E-state index contributed by atoms with van der Waals surface area (Å²) < 4.78 is 1.16. The van der Waals surface area contributed by atoms with Crippen molar-refractivity contribution in [1.82, 2.24) is 9.55 Å². The summed E-state index contributed by atoms with van der Waals surface area (Å²) in [6, 6.07) is 7.70. The van der Waals surface area contributed by atoms with Gasteiger partial charge in [-0.2, -0.15) is 0 Å². The number of fused-ring (bicyclic) bond motifs is 1. The Labute approximate surface area is 152 Å². The van der Waals surface area contributed by atoms with Gasteiger partial charge in [0.15, 0.2) is 0 Å². The first-order chi connectivity index (χ1) is 12.4. The molecule has 1 aromatic carbocycles. The number of rotatable bonds is 5. The van der Waals surface area contributed by atoms with Crippen molar-refractivity contribution in [3.63, 3.8) is 0 Å². The number of aromatic carboxylic acids is 1. The number of carboxylic acid groups (broad SMARTS) is 2. The van der Waals surface area contributed by atoms with Gasteiger partial charge in [-0.3, -0.25) is 9.36 Å². The third kappa shape index (κ3) is 2.78. The molecule has 3 rings (SSSR count). The summed E-state index contributed by atoms with van der Waals surface area (Å²) in [6.07, 6.45) is 0.192. The maximum Gasteiger partial charge on any atom is 0.346 e. The molecule has 0 bridgehead atoms. The topological polar surface area (TPSA) is 109 Å². The maximum absolute atomic E-state index is 13.2. The summed E-state index contributed by atoms with van der Waals surface area (Å²) in [7, 11) is 0. The van der Waals surface area contributed by atoms with Crippen molar-refractivity contribution in [3.05, 3.63) is 51.1 Å². The molecule has 26 heavy (non-hydrogen) atoms. The lowest BCUT2D eigenvalue weighted by molar-refractivity contribution is -0.141. The van der Waals surface area contributed by atoms with Gasteiger partial charge in [0.25, 0.3) is 5.56 Å². The first kappa shape index (κ1) is 17.8. The minimum absolute atomic E-state index is 0.0322. The summed E-state index contributed by atoms with van der Waals surface area (Å²) >= 11 is 0.920. The number of thiophene rings is 1. The van der Waals surface area contributed by atoms with E-state index < -0.39 is 23.5 Å². The van der Waals surface area contributed by atoms with Crippen molar-refractivity contribution in [3.8, 4) is 11.4 Å². The number of nitrogens with zero attached hydrogens (tertiary/aromatic N) is 2. The summed E-state index contributed by atoms with van der Waals surface area (Å²) in [6.45, 7) is 3.22. The molecule has 0 aliphatic rings. The summed E-state index contributed by atoms with van der Waals surface area (Å²) in [4.78, 5) is 41.1. The van der Waals surface area contributed by atoms with Gasteiger partial charge in [0.1, 0.15) is 21.6 Å². The van der Waals surface area contributed by atoms with Crippen molar-refractivity contribution in [2.75, 3.05) is 0 Å². The van der Waals surface area contributed by atoms with Gasteiger partial charge in [0, 0.05) is 5.56 Å². The van der Waals surface area contributed by atoms with Crippen molar-refractivity contribution in [2.24, 2.45) is 0 Å². The van der Waals surface area contributed by atoms with Gasteiger partial charge in [-0.15, -0.1) is 11.3 Å². The lowest BCUT2D eigenvalue weighted by atomic mass is 10.1. The van der Waals surface area contributed by atoms with Crippen LogP contribution in [-0.2, 0) is 4.79 Å². The molecular formula is C18H16N2O5S. The third-order valence-corrected chi connectivity index (χ3v) is 5.38. The number of benzene rings is 1. The number of carboxylic acids is 2. The van der Waals surface area contributed by atoms with Gasteiger partial charge in [-0.05, 0) is 18.9 Å². The standard InChI is InChI=1S/C18H16N2O5S/c1-3-11(17(22)23)20-14(10-7-5-4-6-8-10)19-15-12(16(20)21)9(2)13(26-15)18(24)25/h4-8,11H,3H2,1-2H3,(H,22,23)(H,24,25). The zero-order chi connectivity index (χ0) is 19.0. The second-order valence-corrected chi connectivity index (χ2v) is 6.78. The molecule has 8 heteroatoms. The van der Waals surface area contributed by atoms with E-state index in [1.54, 1.807) is 44.2 Å². The highest BCUT2D eigenvalue weighted by Gasteiger charge is 2.27. The molecular weight excluding hydrogens is 356 g/mol. The van der Waals surface area contributed by atoms with Crippen LogP contribution in [0.25, 0.3) is 21.6 Å². The molecule has 0 aliphatic carbocycles. The summed E-state index contributed by atoms with van der Waals surface area (Å²) in [5, 5.41) is 19.1. The predicted octanol–water partition coefficient (Wildman–Crippen LogP) is 3.17. The molecule has 0 radical (unpaired) electrons. The minimum atomic E-state index is -1.14. The lowest BCUT2D eigenvalue weighted by Gasteiger charge is -2.18. The van der Waals surface area contributed by atoms with Crippen LogP contribution in [0.3, 0.4) is 0 Å². The fraction of sp³-hybridized carbons (Fsp3) is 0.222. The average Bonchev–Trinajstić information content (AvgIpc) is 2.95. The first-order valence-electron chi connectivity index (χ1n) is 7.94. The molecule has 2 heterocycles. The summed E-state index contributed by atoms with van der Waals surface area (Å²) in [5.74, 6) is -2.06. The van der Waals surface area contributed by atoms with E-state index in [-0.39, 0.29) is 22.5 Å². The number of aromatic nitrogens is 2. The Bertz CT molecular complexity index is 1070. The van der Waals surface area contributed by atoms with Crippen LogP contribution in [0.1, 0.15) is 34.6 Å². The average molecular weight is 372 g/mol. The number of aliphatic carboxylic acids is 1. The highest BCUT2D eigenvalue weighted by molar-refractivity contribution is 7.20. The largest absolute Gasteiger partial charge is 0.480 e. The van der Waals surface area contributed by atoms with Crippen LogP contribution in [0.5, 0.6) is 0 Å². The fourth-order valence-corrected chi connectivity index (χ4v) is 3.96. The molecule has 0 fully saturated rings. The molecule has 2 N–H and O–H groups in total. The molecule has 1 atom stereocenters. The van der Waals surface area contributed by atoms with Gasteiger partial charge in [-0.1, -0.05) is 37.3 Å². The van der Waals surface area contributed by atoms with Gasteiger partial charge < -0.3 is 10.2 Å². The smallest absolute Gasteiger partial charge is 0.346 e. The quantitative estimate of drug-likeness (QED) is 0.712. The molecule has 0 amide bonds. The molecule has 0 aliphatic heterocycles. The summed E-state index contributed by atoms with van der Waals surface area (Å²) in [5.41, 5.74) is 0.363. The van der Waals surface area contributed by atoms with E-state index in [4.69, 9.17) is 0 Å². The first-order valence-corrected chi connectivity index (χ1v) is 8.75. The van der Waals surface area contributed by atoms with Crippen LogP contribution < -0.4 is 5.56 Å². The zero-order valence-corrected chi connectivity index (χ0v) is 14.9. The van der Waals surface area contributed by atoms with Crippen molar-refractivity contribution in [2.45, 2.75) is 26.3 Å². The van der Waals surface area contributed by atoms with E-state index in [1.807, 2.05) is 0 Å².